The normalized spacial score (nSPS) is 12.4. The van der Waals surface area contributed by atoms with Crippen molar-refractivity contribution < 1.29 is 17.9 Å². The molecule has 0 amide bonds. The molecule has 4 aromatic rings. The van der Waals surface area contributed by atoms with Gasteiger partial charge < -0.3 is 14.8 Å². The van der Waals surface area contributed by atoms with E-state index < -0.39 is 10.0 Å². The Balaban J connectivity index is 1.30. The van der Waals surface area contributed by atoms with Crippen molar-refractivity contribution in [2.45, 2.75) is 11.8 Å². The predicted octanol–water partition coefficient (Wildman–Crippen LogP) is 4.73. The average molecular weight is 461 g/mol. The van der Waals surface area contributed by atoms with Crippen molar-refractivity contribution in [2.75, 3.05) is 16.8 Å². The van der Waals surface area contributed by atoms with Gasteiger partial charge in [0.25, 0.3) is 10.0 Å². The number of hydrogen-bond donors (Lipinski definition) is 2. The van der Waals surface area contributed by atoms with E-state index in [0.717, 1.165) is 22.5 Å². The molecule has 166 valence electrons. The van der Waals surface area contributed by atoms with E-state index in [4.69, 9.17) is 9.47 Å². The van der Waals surface area contributed by atoms with Crippen LogP contribution >= 0.6 is 0 Å². The Morgan fingerprint density at radius 2 is 1.55 bits per heavy atom. The van der Waals surface area contributed by atoms with Crippen LogP contribution in [0.1, 0.15) is 5.56 Å². The van der Waals surface area contributed by atoms with Crippen LogP contribution in [0.2, 0.25) is 0 Å². The number of nitrogens with zero attached hydrogens (tertiary/aromatic N) is 2. The fourth-order valence-corrected chi connectivity index (χ4v) is 4.40. The Labute approximate surface area is 191 Å². The maximum atomic E-state index is 12.6. The van der Waals surface area contributed by atoms with E-state index in [0.29, 0.717) is 23.0 Å². The molecule has 0 saturated carbocycles. The second kappa shape index (κ2) is 8.44. The van der Waals surface area contributed by atoms with Gasteiger partial charge >= 0.3 is 0 Å². The third-order valence-corrected chi connectivity index (χ3v) is 6.47. The largest absolute Gasteiger partial charge is 0.454 e. The number of aromatic nitrogens is 2. The molecule has 5 rings (SSSR count). The maximum Gasteiger partial charge on any atom is 0.261 e. The van der Waals surface area contributed by atoms with Gasteiger partial charge in [-0.05, 0) is 61.5 Å². The molecular weight excluding hydrogens is 440 g/mol. The molecular formula is C24H20N4O4S. The van der Waals surface area contributed by atoms with E-state index in [9.17, 15) is 8.42 Å². The Bertz CT molecular complexity index is 1410. The van der Waals surface area contributed by atoms with Gasteiger partial charge in [-0.1, -0.05) is 17.7 Å². The second-order valence-corrected chi connectivity index (χ2v) is 9.16. The molecule has 0 saturated heterocycles. The van der Waals surface area contributed by atoms with Crippen molar-refractivity contribution in [1.82, 2.24) is 9.97 Å². The number of nitrogens with one attached hydrogen (secondary N) is 2. The summed E-state index contributed by atoms with van der Waals surface area (Å²) in [6, 6.07) is 21.1. The maximum absolute atomic E-state index is 12.6. The molecule has 0 atom stereocenters. The van der Waals surface area contributed by atoms with Crippen molar-refractivity contribution in [2.24, 2.45) is 0 Å². The van der Waals surface area contributed by atoms with Crippen LogP contribution in [0.25, 0.3) is 11.3 Å². The highest BCUT2D eigenvalue weighted by atomic mass is 32.2. The Morgan fingerprint density at radius 1 is 0.818 bits per heavy atom. The second-order valence-electron chi connectivity index (χ2n) is 7.48. The number of rotatable bonds is 6. The lowest BCUT2D eigenvalue weighted by Gasteiger charge is -2.10. The van der Waals surface area contributed by atoms with Crippen LogP contribution in [0, 0.1) is 6.92 Å². The zero-order valence-corrected chi connectivity index (χ0v) is 18.5. The smallest absolute Gasteiger partial charge is 0.261 e. The molecule has 3 aromatic carbocycles. The molecule has 0 unspecified atom stereocenters. The summed E-state index contributed by atoms with van der Waals surface area (Å²) < 4.78 is 38.5. The molecule has 0 fully saturated rings. The van der Waals surface area contributed by atoms with Gasteiger partial charge in [0.15, 0.2) is 11.5 Å². The molecule has 0 radical (unpaired) electrons. The Kier molecular flexibility index (Phi) is 5.31. The lowest BCUT2D eigenvalue weighted by Crippen LogP contribution is -2.12. The zero-order chi connectivity index (χ0) is 22.8. The first-order valence-corrected chi connectivity index (χ1v) is 11.6. The van der Waals surface area contributed by atoms with Crippen LogP contribution in [-0.4, -0.2) is 25.2 Å². The van der Waals surface area contributed by atoms with Crippen LogP contribution in [-0.2, 0) is 10.0 Å². The molecule has 1 aromatic heterocycles. The lowest BCUT2D eigenvalue weighted by molar-refractivity contribution is 0.174. The molecule has 33 heavy (non-hydrogen) atoms. The lowest BCUT2D eigenvalue weighted by atomic mass is 10.1. The van der Waals surface area contributed by atoms with E-state index in [1.807, 2.05) is 31.2 Å². The first-order valence-electron chi connectivity index (χ1n) is 10.1. The minimum Gasteiger partial charge on any atom is -0.454 e. The zero-order valence-electron chi connectivity index (χ0n) is 17.6. The van der Waals surface area contributed by atoms with E-state index in [-0.39, 0.29) is 11.7 Å². The van der Waals surface area contributed by atoms with Gasteiger partial charge in [-0.15, -0.1) is 0 Å². The van der Waals surface area contributed by atoms with Gasteiger partial charge in [0.05, 0.1) is 10.6 Å². The molecule has 0 aliphatic carbocycles. The quantitative estimate of drug-likeness (QED) is 0.429. The molecule has 0 spiro atoms. The van der Waals surface area contributed by atoms with Gasteiger partial charge in [0.1, 0.15) is 12.1 Å². The third-order valence-electron chi connectivity index (χ3n) is 5.08. The molecule has 2 heterocycles. The van der Waals surface area contributed by atoms with E-state index in [2.05, 4.69) is 20.0 Å². The summed E-state index contributed by atoms with van der Waals surface area (Å²) in [6.45, 7) is 2.12. The summed E-state index contributed by atoms with van der Waals surface area (Å²) in [5.41, 5.74) is 3.82. The average Bonchev–Trinajstić information content (AvgIpc) is 3.29. The van der Waals surface area contributed by atoms with Gasteiger partial charge in [0, 0.05) is 23.0 Å². The molecule has 9 heteroatoms. The number of ether oxygens (including phenoxy) is 2. The highest BCUT2D eigenvalue weighted by Gasteiger charge is 2.15. The number of sulfonamides is 1. The van der Waals surface area contributed by atoms with Crippen LogP contribution in [0.15, 0.2) is 84.0 Å². The number of benzene rings is 3. The highest BCUT2D eigenvalue weighted by molar-refractivity contribution is 7.92. The topological polar surface area (TPSA) is 102 Å². The number of fused-ring (bicyclic) bond motifs is 1. The minimum atomic E-state index is -3.65. The van der Waals surface area contributed by atoms with Crippen molar-refractivity contribution >= 4 is 27.2 Å². The Hall–Kier alpha value is -4.11. The molecule has 1 aliphatic heterocycles. The van der Waals surface area contributed by atoms with Gasteiger partial charge in [-0.3, -0.25) is 4.72 Å². The van der Waals surface area contributed by atoms with E-state index >= 15 is 0 Å². The SMILES string of the molecule is Cc1ccc(S(=O)(=O)Nc2ccc(Nc3cc(-c4ccc5c(c4)OCO5)ncn3)cc2)cc1. The monoisotopic (exact) mass is 460 g/mol. The third kappa shape index (κ3) is 4.58. The summed E-state index contributed by atoms with van der Waals surface area (Å²) in [5.74, 6) is 2.00. The predicted molar refractivity (Wildman–Crippen MR) is 125 cm³/mol. The summed E-state index contributed by atoms with van der Waals surface area (Å²) in [7, 11) is -3.65. The minimum absolute atomic E-state index is 0.215. The highest BCUT2D eigenvalue weighted by Crippen LogP contribution is 2.35. The fraction of sp³-hybridized carbons (Fsp3) is 0.0833. The fourth-order valence-electron chi connectivity index (χ4n) is 3.34. The van der Waals surface area contributed by atoms with Crippen molar-refractivity contribution in [3.8, 4) is 22.8 Å². The first kappa shape index (κ1) is 20.8. The number of hydrogen-bond acceptors (Lipinski definition) is 7. The molecule has 0 bridgehead atoms. The van der Waals surface area contributed by atoms with Crippen LogP contribution in [0.3, 0.4) is 0 Å². The van der Waals surface area contributed by atoms with E-state index in [1.54, 1.807) is 48.5 Å². The Morgan fingerprint density at radius 3 is 2.33 bits per heavy atom. The molecule has 2 N–H and O–H groups in total. The van der Waals surface area contributed by atoms with Gasteiger partial charge in [0.2, 0.25) is 6.79 Å². The molecule has 1 aliphatic rings. The summed E-state index contributed by atoms with van der Waals surface area (Å²) >= 11 is 0. The van der Waals surface area contributed by atoms with Gasteiger partial charge in [-0.25, -0.2) is 18.4 Å². The van der Waals surface area contributed by atoms with Crippen molar-refractivity contribution in [3.05, 3.63) is 84.7 Å². The summed E-state index contributed by atoms with van der Waals surface area (Å²) in [5, 5.41) is 3.21. The van der Waals surface area contributed by atoms with Crippen LogP contribution in [0.5, 0.6) is 11.5 Å². The summed E-state index contributed by atoms with van der Waals surface area (Å²) in [4.78, 5) is 8.83. The number of aryl methyl sites for hydroxylation is 1. The number of anilines is 3. The van der Waals surface area contributed by atoms with Gasteiger partial charge in [-0.2, -0.15) is 0 Å². The molecule has 8 nitrogen and oxygen atoms in total. The van der Waals surface area contributed by atoms with E-state index in [1.165, 1.54) is 6.33 Å². The standard InChI is InChI=1S/C24H20N4O4S/c1-16-2-9-20(10-3-16)33(29,30)28-19-7-5-18(6-8-19)27-24-13-21(25-14-26-24)17-4-11-22-23(12-17)32-15-31-22/h2-14,28H,15H2,1H3,(H,25,26,27). The van der Waals surface area contributed by atoms with Crippen molar-refractivity contribution in [3.63, 3.8) is 0 Å². The summed E-state index contributed by atoms with van der Waals surface area (Å²) in [6.07, 6.45) is 1.48. The van der Waals surface area contributed by atoms with Crippen LogP contribution < -0.4 is 19.5 Å². The van der Waals surface area contributed by atoms with Crippen molar-refractivity contribution in [1.29, 1.82) is 0 Å². The van der Waals surface area contributed by atoms with Crippen LogP contribution in [0.4, 0.5) is 17.2 Å². The first-order chi connectivity index (χ1) is 16.0.